The number of hydrogen-bond acceptors (Lipinski definition) is 3. The molecule has 1 aliphatic rings. The van der Waals surface area contributed by atoms with Crippen LogP contribution in [0.5, 0.6) is 5.75 Å². The lowest BCUT2D eigenvalue weighted by atomic mass is 9.85. The van der Waals surface area contributed by atoms with Crippen molar-refractivity contribution >= 4 is 5.91 Å². The molecule has 1 aromatic rings. The van der Waals surface area contributed by atoms with Crippen molar-refractivity contribution in [1.82, 2.24) is 5.32 Å². The summed E-state index contributed by atoms with van der Waals surface area (Å²) >= 11 is 0. The van der Waals surface area contributed by atoms with Gasteiger partial charge in [-0.15, -0.1) is 0 Å². The molecule has 0 radical (unpaired) electrons. The van der Waals surface area contributed by atoms with Gasteiger partial charge in [0.15, 0.2) is 0 Å². The largest absolute Gasteiger partial charge is 0.491 e. The van der Waals surface area contributed by atoms with Crippen LogP contribution < -0.4 is 15.8 Å². The highest BCUT2D eigenvalue weighted by atomic mass is 16.5. The highest BCUT2D eigenvalue weighted by Crippen LogP contribution is 2.24. The van der Waals surface area contributed by atoms with Crippen LogP contribution in [0, 0.1) is 5.92 Å². The first-order valence-electron chi connectivity index (χ1n) is 7.83. The van der Waals surface area contributed by atoms with E-state index in [2.05, 4.69) is 17.4 Å². The summed E-state index contributed by atoms with van der Waals surface area (Å²) in [6.45, 7) is 4.89. The number of ether oxygens (including phenoxy) is 1. The van der Waals surface area contributed by atoms with Crippen molar-refractivity contribution in [2.45, 2.75) is 58.2 Å². The Morgan fingerprint density at radius 3 is 2.67 bits per heavy atom. The zero-order valence-corrected chi connectivity index (χ0v) is 13.0. The van der Waals surface area contributed by atoms with E-state index in [4.69, 9.17) is 10.5 Å². The first kappa shape index (κ1) is 15.8. The van der Waals surface area contributed by atoms with Gasteiger partial charge in [-0.3, -0.25) is 4.79 Å². The molecule has 0 heterocycles. The summed E-state index contributed by atoms with van der Waals surface area (Å²) in [7, 11) is 0. The summed E-state index contributed by atoms with van der Waals surface area (Å²) in [5.41, 5.74) is 6.59. The molecule has 0 aromatic heterocycles. The summed E-state index contributed by atoms with van der Waals surface area (Å²) in [6.07, 6.45) is 4.05. The predicted octanol–water partition coefficient (Wildman–Crippen LogP) is 2.61. The van der Waals surface area contributed by atoms with Crippen LogP contribution in [0.1, 0.15) is 45.1 Å². The molecule has 4 nitrogen and oxygen atoms in total. The van der Waals surface area contributed by atoms with Crippen molar-refractivity contribution in [3.63, 3.8) is 0 Å². The molecule has 1 fully saturated rings. The van der Waals surface area contributed by atoms with Crippen molar-refractivity contribution in [3.05, 3.63) is 29.8 Å². The molecule has 0 aliphatic heterocycles. The fourth-order valence-corrected chi connectivity index (χ4v) is 2.85. The molecule has 1 saturated carbocycles. The van der Waals surface area contributed by atoms with E-state index in [0.29, 0.717) is 6.04 Å². The molecular weight excluding hydrogens is 264 g/mol. The van der Waals surface area contributed by atoms with Crippen molar-refractivity contribution < 1.29 is 9.53 Å². The molecule has 0 saturated heterocycles. The fraction of sp³-hybridized carbons (Fsp3) is 0.588. The number of carbonyl (C=O) groups is 1. The number of amides is 1. The number of nitrogens with one attached hydrogen (secondary N) is 1. The van der Waals surface area contributed by atoms with Crippen LogP contribution in [0.25, 0.3) is 0 Å². The van der Waals surface area contributed by atoms with Gasteiger partial charge in [-0.25, -0.2) is 0 Å². The molecule has 0 spiro atoms. The van der Waals surface area contributed by atoms with Crippen LogP contribution in [0.4, 0.5) is 0 Å². The Morgan fingerprint density at radius 2 is 2.05 bits per heavy atom. The maximum Gasteiger partial charge on any atom is 0.220 e. The number of primary amides is 1. The van der Waals surface area contributed by atoms with Gasteiger partial charge < -0.3 is 15.8 Å². The van der Waals surface area contributed by atoms with E-state index >= 15 is 0 Å². The van der Waals surface area contributed by atoms with Gasteiger partial charge in [0.1, 0.15) is 5.75 Å². The van der Waals surface area contributed by atoms with Crippen LogP contribution in [-0.4, -0.2) is 18.1 Å². The van der Waals surface area contributed by atoms with Crippen LogP contribution >= 0.6 is 0 Å². The first-order valence-corrected chi connectivity index (χ1v) is 7.83. The average molecular weight is 290 g/mol. The van der Waals surface area contributed by atoms with Gasteiger partial charge in [-0.1, -0.05) is 12.1 Å². The monoisotopic (exact) mass is 290 g/mol. The molecule has 1 aliphatic carbocycles. The molecule has 0 atom stereocenters. The maximum atomic E-state index is 11.2. The third kappa shape index (κ3) is 5.05. The van der Waals surface area contributed by atoms with Gasteiger partial charge in [0.25, 0.3) is 0 Å². The molecule has 21 heavy (non-hydrogen) atoms. The lowest BCUT2D eigenvalue weighted by molar-refractivity contribution is -0.122. The van der Waals surface area contributed by atoms with Gasteiger partial charge in [0.2, 0.25) is 5.91 Å². The van der Waals surface area contributed by atoms with E-state index in [1.807, 2.05) is 26.0 Å². The number of benzene rings is 1. The van der Waals surface area contributed by atoms with E-state index in [-0.39, 0.29) is 17.9 Å². The Morgan fingerprint density at radius 1 is 1.33 bits per heavy atom. The van der Waals surface area contributed by atoms with Crippen LogP contribution in [-0.2, 0) is 11.3 Å². The standard InChI is InChI=1S/C17H26N2O2/c1-12(2)21-16-5-3-4-13(10-16)11-19-15-8-6-14(7-9-15)17(18)20/h3-5,10,12,14-15,19H,6-9,11H2,1-2H3,(H2,18,20). The minimum atomic E-state index is -0.146. The van der Waals surface area contributed by atoms with Gasteiger partial charge in [-0.2, -0.15) is 0 Å². The van der Waals surface area contributed by atoms with Crippen LogP contribution in [0.3, 0.4) is 0 Å². The van der Waals surface area contributed by atoms with Crippen molar-refractivity contribution in [1.29, 1.82) is 0 Å². The molecule has 1 amide bonds. The quantitative estimate of drug-likeness (QED) is 0.846. The second-order valence-corrected chi connectivity index (χ2v) is 6.15. The van der Waals surface area contributed by atoms with Crippen molar-refractivity contribution in [2.75, 3.05) is 0 Å². The Hall–Kier alpha value is -1.55. The van der Waals surface area contributed by atoms with E-state index in [9.17, 15) is 4.79 Å². The van der Waals surface area contributed by atoms with Gasteiger partial charge >= 0.3 is 0 Å². The highest BCUT2D eigenvalue weighted by Gasteiger charge is 2.24. The number of rotatable bonds is 6. The van der Waals surface area contributed by atoms with E-state index in [0.717, 1.165) is 38.0 Å². The molecule has 116 valence electrons. The topological polar surface area (TPSA) is 64.3 Å². The van der Waals surface area contributed by atoms with E-state index in [1.165, 1.54) is 5.56 Å². The normalized spacial score (nSPS) is 22.2. The Labute approximate surface area is 127 Å². The maximum absolute atomic E-state index is 11.2. The summed E-state index contributed by atoms with van der Waals surface area (Å²) in [6, 6.07) is 8.69. The minimum Gasteiger partial charge on any atom is -0.491 e. The number of nitrogens with two attached hydrogens (primary N) is 1. The lowest BCUT2D eigenvalue weighted by Gasteiger charge is -2.27. The Bertz CT molecular complexity index is 466. The summed E-state index contributed by atoms with van der Waals surface area (Å²) in [5.74, 6) is 0.847. The summed E-state index contributed by atoms with van der Waals surface area (Å²) in [5, 5.41) is 3.57. The van der Waals surface area contributed by atoms with Crippen molar-refractivity contribution in [3.8, 4) is 5.75 Å². The predicted molar refractivity (Wildman–Crippen MR) is 84.0 cm³/mol. The molecule has 0 unspecified atom stereocenters. The third-order valence-corrected chi connectivity index (χ3v) is 3.99. The third-order valence-electron chi connectivity index (χ3n) is 3.99. The number of carbonyl (C=O) groups excluding carboxylic acids is 1. The van der Waals surface area contributed by atoms with E-state index < -0.39 is 0 Å². The smallest absolute Gasteiger partial charge is 0.220 e. The zero-order chi connectivity index (χ0) is 15.2. The van der Waals surface area contributed by atoms with Crippen LogP contribution in [0.15, 0.2) is 24.3 Å². The molecular formula is C17H26N2O2. The Kier molecular flexibility index (Phi) is 5.62. The van der Waals surface area contributed by atoms with E-state index in [1.54, 1.807) is 0 Å². The van der Waals surface area contributed by atoms with Crippen LogP contribution in [0.2, 0.25) is 0 Å². The summed E-state index contributed by atoms with van der Waals surface area (Å²) < 4.78 is 5.71. The average Bonchev–Trinajstić information content (AvgIpc) is 2.45. The van der Waals surface area contributed by atoms with Gasteiger partial charge in [-0.05, 0) is 57.2 Å². The molecule has 2 rings (SSSR count). The zero-order valence-electron chi connectivity index (χ0n) is 13.0. The molecule has 4 heteroatoms. The molecule has 0 bridgehead atoms. The molecule has 1 aromatic carbocycles. The molecule has 3 N–H and O–H groups in total. The van der Waals surface area contributed by atoms with Gasteiger partial charge in [0.05, 0.1) is 6.10 Å². The minimum absolute atomic E-state index is 0.0748. The highest BCUT2D eigenvalue weighted by molar-refractivity contribution is 5.76. The second kappa shape index (κ2) is 7.46. The Balaban J connectivity index is 1.80. The fourth-order valence-electron chi connectivity index (χ4n) is 2.85. The lowest BCUT2D eigenvalue weighted by Crippen LogP contribution is -2.36. The SMILES string of the molecule is CC(C)Oc1cccc(CNC2CCC(C(N)=O)CC2)c1. The first-order chi connectivity index (χ1) is 10.0. The number of hydrogen-bond donors (Lipinski definition) is 2. The second-order valence-electron chi connectivity index (χ2n) is 6.15. The van der Waals surface area contributed by atoms with Gasteiger partial charge in [0, 0.05) is 18.5 Å². The van der Waals surface area contributed by atoms with Crippen molar-refractivity contribution in [2.24, 2.45) is 11.7 Å². The summed E-state index contributed by atoms with van der Waals surface area (Å²) in [4.78, 5) is 11.2.